The predicted molar refractivity (Wildman–Crippen MR) is 57.0 cm³/mol. The van der Waals surface area contributed by atoms with Crippen molar-refractivity contribution in [2.45, 2.75) is 26.7 Å². The Morgan fingerprint density at radius 3 is 2.40 bits per heavy atom. The molecule has 0 atom stereocenters. The summed E-state index contributed by atoms with van der Waals surface area (Å²) < 4.78 is 18.8. The molecule has 0 fully saturated rings. The van der Waals surface area contributed by atoms with Gasteiger partial charge in [0.25, 0.3) is 0 Å². The molecule has 0 bridgehead atoms. The van der Waals surface area contributed by atoms with Gasteiger partial charge >= 0.3 is 0 Å². The highest BCUT2D eigenvalue weighted by Crippen LogP contribution is 2.30. The van der Waals surface area contributed by atoms with Gasteiger partial charge in [-0.2, -0.15) is 0 Å². The zero-order valence-electron chi connectivity index (χ0n) is 9.43. The van der Waals surface area contributed by atoms with Crippen LogP contribution >= 0.6 is 0 Å². The summed E-state index contributed by atoms with van der Waals surface area (Å²) in [4.78, 5) is 11.1. The van der Waals surface area contributed by atoms with Gasteiger partial charge in [0.1, 0.15) is 11.6 Å². The second-order valence-corrected chi connectivity index (χ2v) is 3.78. The summed E-state index contributed by atoms with van der Waals surface area (Å²) in [5.41, 5.74) is 0.858. The maximum atomic E-state index is 13.7. The van der Waals surface area contributed by atoms with Gasteiger partial charge in [0.15, 0.2) is 5.78 Å². The van der Waals surface area contributed by atoms with Crippen LogP contribution in [0.1, 0.15) is 42.6 Å². The van der Waals surface area contributed by atoms with Gasteiger partial charge < -0.3 is 4.74 Å². The summed E-state index contributed by atoms with van der Waals surface area (Å²) >= 11 is 0. The molecule has 0 unspecified atom stereocenters. The quantitative estimate of drug-likeness (QED) is 0.716. The fourth-order valence-electron chi connectivity index (χ4n) is 1.53. The molecule has 82 valence electrons. The van der Waals surface area contributed by atoms with E-state index >= 15 is 0 Å². The molecule has 0 amide bonds. The lowest BCUT2D eigenvalue weighted by Crippen LogP contribution is -2.02. The second-order valence-electron chi connectivity index (χ2n) is 3.78. The third-order valence-electron chi connectivity index (χ3n) is 2.30. The van der Waals surface area contributed by atoms with E-state index in [-0.39, 0.29) is 17.5 Å². The van der Waals surface area contributed by atoms with E-state index in [1.807, 2.05) is 13.8 Å². The molecule has 15 heavy (non-hydrogen) atoms. The maximum absolute atomic E-state index is 13.7. The molecule has 0 aliphatic rings. The average molecular weight is 210 g/mol. The normalized spacial score (nSPS) is 10.5. The standard InChI is InChI=1S/C12H15FO2/c1-7(2)12-10(13)5-9(8(3)14)6-11(12)15-4/h5-7H,1-4H3. The minimum absolute atomic E-state index is 0.0287. The van der Waals surface area contributed by atoms with Crippen molar-refractivity contribution < 1.29 is 13.9 Å². The molecule has 0 spiro atoms. The van der Waals surface area contributed by atoms with E-state index in [0.717, 1.165) is 0 Å². The van der Waals surface area contributed by atoms with E-state index < -0.39 is 0 Å². The number of ketones is 1. The molecule has 0 aromatic heterocycles. The summed E-state index contributed by atoms with van der Waals surface area (Å²) in [5, 5.41) is 0. The number of methoxy groups -OCH3 is 1. The lowest BCUT2D eigenvalue weighted by molar-refractivity contribution is 0.101. The van der Waals surface area contributed by atoms with Crippen LogP contribution in [-0.4, -0.2) is 12.9 Å². The minimum Gasteiger partial charge on any atom is -0.496 e. The average Bonchev–Trinajstić information content (AvgIpc) is 2.15. The summed E-state index contributed by atoms with van der Waals surface area (Å²) in [6, 6.07) is 2.85. The topological polar surface area (TPSA) is 26.3 Å². The smallest absolute Gasteiger partial charge is 0.160 e. The number of hydrogen-bond donors (Lipinski definition) is 0. The van der Waals surface area contributed by atoms with Crippen molar-refractivity contribution in [2.75, 3.05) is 7.11 Å². The molecular weight excluding hydrogens is 195 g/mol. The van der Waals surface area contributed by atoms with E-state index in [4.69, 9.17) is 4.74 Å². The first-order valence-electron chi connectivity index (χ1n) is 4.85. The lowest BCUT2D eigenvalue weighted by Gasteiger charge is -2.13. The Morgan fingerprint density at radius 1 is 1.40 bits per heavy atom. The van der Waals surface area contributed by atoms with E-state index in [1.165, 1.54) is 20.1 Å². The molecule has 0 saturated carbocycles. The van der Waals surface area contributed by atoms with Crippen LogP contribution in [0.4, 0.5) is 4.39 Å². The van der Waals surface area contributed by atoms with Crippen LogP contribution < -0.4 is 4.74 Å². The van der Waals surface area contributed by atoms with Crippen molar-refractivity contribution >= 4 is 5.78 Å². The Balaban J connectivity index is 3.37. The molecule has 2 nitrogen and oxygen atoms in total. The molecule has 0 heterocycles. The predicted octanol–water partition coefficient (Wildman–Crippen LogP) is 3.16. The lowest BCUT2D eigenvalue weighted by atomic mass is 9.98. The van der Waals surface area contributed by atoms with Crippen LogP contribution in [0, 0.1) is 5.82 Å². The molecule has 1 aromatic rings. The van der Waals surface area contributed by atoms with Crippen molar-refractivity contribution in [3.63, 3.8) is 0 Å². The summed E-state index contributed by atoms with van der Waals surface area (Å²) in [6.45, 7) is 5.17. The van der Waals surface area contributed by atoms with Crippen LogP contribution in [-0.2, 0) is 0 Å². The number of carbonyl (C=O) groups excluding carboxylic acids is 1. The molecule has 1 rings (SSSR count). The van der Waals surface area contributed by atoms with E-state index in [2.05, 4.69) is 0 Å². The number of halogens is 1. The molecule has 1 aromatic carbocycles. The van der Waals surface area contributed by atoms with Gasteiger partial charge in [0.05, 0.1) is 7.11 Å². The fraction of sp³-hybridized carbons (Fsp3) is 0.417. The van der Waals surface area contributed by atoms with E-state index in [0.29, 0.717) is 16.9 Å². The van der Waals surface area contributed by atoms with Gasteiger partial charge in [-0.05, 0) is 25.0 Å². The van der Waals surface area contributed by atoms with Crippen molar-refractivity contribution in [1.82, 2.24) is 0 Å². The molecular formula is C12H15FO2. The minimum atomic E-state index is -0.380. The fourth-order valence-corrected chi connectivity index (χ4v) is 1.53. The molecule has 3 heteroatoms. The Labute approximate surface area is 89.1 Å². The molecule has 0 saturated heterocycles. The molecule has 0 radical (unpaired) electrons. The highest BCUT2D eigenvalue weighted by molar-refractivity contribution is 5.94. The van der Waals surface area contributed by atoms with Crippen molar-refractivity contribution in [2.24, 2.45) is 0 Å². The highest BCUT2D eigenvalue weighted by atomic mass is 19.1. The number of ether oxygens (including phenoxy) is 1. The van der Waals surface area contributed by atoms with Crippen molar-refractivity contribution in [1.29, 1.82) is 0 Å². The first-order chi connectivity index (χ1) is 6.97. The molecule has 0 N–H and O–H groups in total. The number of carbonyl (C=O) groups is 1. The zero-order valence-corrected chi connectivity index (χ0v) is 9.43. The van der Waals surface area contributed by atoms with E-state index in [1.54, 1.807) is 6.07 Å². The number of rotatable bonds is 3. The number of Topliss-reactive ketones (excluding diaryl/α,β-unsaturated/α-hetero) is 1. The van der Waals surface area contributed by atoms with Gasteiger partial charge in [-0.1, -0.05) is 13.8 Å². The summed E-state index contributed by atoms with van der Waals surface area (Å²) in [5.74, 6) is -0.0757. The largest absolute Gasteiger partial charge is 0.496 e. The van der Waals surface area contributed by atoms with E-state index in [9.17, 15) is 9.18 Å². The van der Waals surface area contributed by atoms with Crippen LogP contribution in [0.3, 0.4) is 0 Å². The Bertz CT molecular complexity index is 383. The third kappa shape index (κ3) is 2.35. The molecule has 0 aliphatic carbocycles. The monoisotopic (exact) mass is 210 g/mol. The summed E-state index contributed by atoms with van der Waals surface area (Å²) in [7, 11) is 1.48. The SMILES string of the molecule is COc1cc(C(C)=O)cc(F)c1C(C)C. The van der Waals surface area contributed by atoms with Crippen LogP contribution in [0.5, 0.6) is 5.75 Å². The third-order valence-corrected chi connectivity index (χ3v) is 2.30. The van der Waals surface area contributed by atoms with Gasteiger partial charge in [-0.15, -0.1) is 0 Å². The van der Waals surface area contributed by atoms with Crippen LogP contribution in [0.15, 0.2) is 12.1 Å². The highest BCUT2D eigenvalue weighted by Gasteiger charge is 2.16. The zero-order chi connectivity index (χ0) is 11.6. The Kier molecular flexibility index (Phi) is 3.45. The van der Waals surface area contributed by atoms with Crippen molar-refractivity contribution in [3.05, 3.63) is 29.1 Å². The number of benzene rings is 1. The Hall–Kier alpha value is -1.38. The first-order valence-corrected chi connectivity index (χ1v) is 4.85. The van der Waals surface area contributed by atoms with Crippen molar-refractivity contribution in [3.8, 4) is 5.75 Å². The first kappa shape index (κ1) is 11.7. The molecule has 0 aliphatic heterocycles. The van der Waals surface area contributed by atoms with Gasteiger partial charge in [-0.3, -0.25) is 4.79 Å². The van der Waals surface area contributed by atoms with Crippen LogP contribution in [0.2, 0.25) is 0 Å². The number of hydrogen-bond acceptors (Lipinski definition) is 2. The second kappa shape index (κ2) is 4.43. The van der Waals surface area contributed by atoms with Gasteiger partial charge in [0.2, 0.25) is 0 Å². The van der Waals surface area contributed by atoms with Gasteiger partial charge in [-0.25, -0.2) is 4.39 Å². The van der Waals surface area contributed by atoms with Gasteiger partial charge in [0, 0.05) is 11.1 Å². The van der Waals surface area contributed by atoms with Crippen LogP contribution in [0.25, 0.3) is 0 Å². The Morgan fingerprint density at radius 2 is 2.00 bits per heavy atom. The summed E-state index contributed by atoms with van der Waals surface area (Å²) in [6.07, 6.45) is 0. The maximum Gasteiger partial charge on any atom is 0.160 e.